The number of nitrogens with two attached hydrogens (primary N) is 1. The molecule has 1 atom stereocenters. The zero-order valence-corrected chi connectivity index (χ0v) is 15.3. The van der Waals surface area contributed by atoms with Crippen molar-refractivity contribution >= 4 is 33.4 Å². The van der Waals surface area contributed by atoms with E-state index in [2.05, 4.69) is 36.7 Å². The van der Waals surface area contributed by atoms with E-state index in [1.165, 1.54) is 4.80 Å². The maximum absolute atomic E-state index is 12.4. The molecule has 3 rings (SSSR count). The quantitative estimate of drug-likeness (QED) is 0.664. The second-order valence-electron chi connectivity index (χ2n) is 5.52. The first-order valence-corrected chi connectivity index (χ1v) is 8.50. The van der Waals surface area contributed by atoms with Crippen molar-refractivity contribution in [3.8, 4) is 11.4 Å². The van der Waals surface area contributed by atoms with E-state index in [1.807, 2.05) is 24.3 Å². The van der Waals surface area contributed by atoms with Crippen molar-refractivity contribution in [1.82, 2.24) is 20.2 Å². The summed E-state index contributed by atoms with van der Waals surface area (Å²) in [6.07, 6.45) is 0. The van der Waals surface area contributed by atoms with Gasteiger partial charge in [-0.2, -0.15) is 4.80 Å². The lowest BCUT2D eigenvalue weighted by Gasteiger charge is -2.11. The van der Waals surface area contributed by atoms with Crippen LogP contribution in [0.3, 0.4) is 0 Å². The summed E-state index contributed by atoms with van der Waals surface area (Å²) >= 11 is 3.44. The number of hydrogen-bond donors (Lipinski definition) is 2. The number of benzene rings is 2. The Morgan fingerprint density at radius 2 is 1.85 bits per heavy atom. The number of halogens is 1. The van der Waals surface area contributed by atoms with Crippen LogP contribution in [-0.2, 0) is 4.79 Å². The molecule has 0 spiro atoms. The van der Waals surface area contributed by atoms with Gasteiger partial charge in [-0.3, -0.25) is 9.59 Å². The molecule has 0 aliphatic rings. The van der Waals surface area contributed by atoms with Gasteiger partial charge in [-0.1, -0.05) is 28.1 Å². The number of anilines is 1. The van der Waals surface area contributed by atoms with E-state index in [-0.39, 0.29) is 5.91 Å². The summed E-state index contributed by atoms with van der Waals surface area (Å²) in [4.78, 5) is 24.7. The lowest BCUT2D eigenvalue weighted by molar-refractivity contribution is -0.119. The predicted octanol–water partition coefficient (Wildman–Crippen LogP) is 2.40. The molecule has 2 amide bonds. The Kier molecular flexibility index (Phi) is 5.08. The Balaban J connectivity index is 1.73. The van der Waals surface area contributed by atoms with E-state index >= 15 is 0 Å². The van der Waals surface area contributed by atoms with Gasteiger partial charge in [-0.15, -0.1) is 10.2 Å². The number of carbonyl (C=O) groups is 2. The van der Waals surface area contributed by atoms with Crippen LogP contribution >= 0.6 is 15.9 Å². The van der Waals surface area contributed by atoms with Gasteiger partial charge in [0.25, 0.3) is 5.91 Å². The first kappa shape index (κ1) is 17.7. The van der Waals surface area contributed by atoms with E-state index in [9.17, 15) is 9.59 Å². The molecule has 0 fully saturated rings. The maximum Gasteiger partial charge on any atom is 0.250 e. The molecule has 1 heterocycles. The maximum atomic E-state index is 12.4. The summed E-state index contributed by atoms with van der Waals surface area (Å²) < 4.78 is 0.839. The minimum Gasteiger partial charge on any atom is -0.366 e. The lowest BCUT2D eigenvalue weighted by atomic mass is 10.2. The van der Waals surface area contributed by atoms with Crippen molar-refractivity contribution in [2.24, 2.45) is 5.73 Å². The van der Waals surface area contributed by atoms with Crippen molar-refractivity contribution in [1.29, 1.82) is 0 Å². The van der Waals surface area contributed by atoms with Gasteiger partial charge in [0.05, 0.1) is 0 Å². The molecule has 2 aromatic carbocycles. The monoisotopic (exact) mass is 414 g/mol. The molecular formula is C17H15BrN6O2. The number of nitrogens with zero attached hydrogens (tertiary/aromatic N) is 4. The van der Waals surface area contributed by atoms with Crippen LogP contribution in [0.2, 0.25) is 0 Å². The normalized spacial score (nSPS) is 11.8. The summed E-state index contributed by atoms with van der Waals surface area (Å²) in [6.45, 7) is 1.67. The summed E-state index contributed by atoms with van der Waals surface area (Å²) in [7, 11) is 0. The number of rotatable bonds is 5. The van der Waals surface area contributed by atoms with E-state index in [4.69, 9.17) is 5.73 Å². The van der Waals surface area contributed by atoms with Crippen molar-refractivity contribution in [2.45, 2.75) is 13.0 Å². The minimum absolute atomic E-state index is 0.312. The van der Waals surface area contributed by atoms with Gasteiger partial charge in [0, 0.05) is 21.3 Å². The molecule has 1 aromatic heterocycles. The van der Waals surface area contributed by atoms with Crippen molar-refractivity contribution in [3.05, 3.63) is 58.6 Å². The zero-order chi connectivity index (χ0) is 18.7. The van der Waals surface area contributed by atoms with Gasteiger partial charge < -0.3 is 11.1 Å². The average molecular weight is 415 g/mol. The SMILES string of the molecule is CC(C(=O)Nc1ccc(C(N)=O)cc1)n1nnc(-c2ccccc2Br)n1. The standard InChI is InChI=1S/C17H15BrN6O2/c1-10(17(26)20-12-8-6-11(7-9-12)15(19)25)24-22-16(21-23-24)13-4-2-3-5-14(13)18/h2-10H,1H3,(H2,19,25)(H,20,26). The first-order valence-electron chi connectivity index (χ1n) is 7.71. The van der Waals surface area contributed by atoms with Gasteiger partial charge in [0.1, 0.15) is 6.04 Å². The highest BCUT2D eigenvalue weighted by Crippen LogP contribution is 2.24. The van der Waals surface area contributed by atoms with E-state index in [0.717, 1.165) is 10.0 Å². The average Bonchev–Trinajstić information content (AvgIpc) is 3.11. The Morgan fingerprint density at radius 3 is 2.50 bits per heavy atom. The van der Waals surface area contributed by atoms with Gasteiger partial charge >= 0.3 is 0 Å². The predicted molar refractivity (Wildman–Crippen MR) is 99.3 cm³/mol. The molecule has 9 heteroatoms. The van der Waals surface area contributed by atoms with Crippen LogP contribution in [-0.4, -0.2) is 32.0 Å². The molecule has 0 radical (unpaired) electrons. The minimum atomic E-state index is -0.672. The fourth-order valence-corrected chi connectivity index (χ4v) is 2.67. The number of hydrogen-bond acceptors (Lipinski definition) is 5. The van der Waals surface area contributed by atoms with Gasteiger partial charge in [0.15, 0.2) is 0 Å². The fraction of sp³-hybridized carbons (Fsp3) is 0.118. The number of carbonyl (C=O) groups excluding carboxylic acids is 2. The Hall–Kier alpha value is -3.07. The van der Waals surface area contributed by atoms with E-state index in [0.29, 0.717) is 17.1 Å². The number of primary amides is 1. The Morgan fingerprint density at radius 1 is 1.15 bits per heavy atom. The Labute approximate surface area is 157 Å². The molecule has 0 aliphatic heterocycles. The topological polar surface area (TPSA) is 116 Å². The fourth-order valence-electron chi connectivity index (χ4n) is 2.21. The van der Waals surface area contributed by atoms with Crippen LogP contribution in [0, 0.1) is 0 Å². The first-order chi connectivity index (χ1) is 12.5. The molecule has 0 saturated carbocycles. The number of aromatic nitrogens is 4. The van der Waals surface area contributed by atoms with Crippen LogP contribution in [0.1, 0.15) is 23.3 Å². The smallest absolute Gasteiger partial charge is 0.250 e. The molecule has 0 saturated heterocycles. The van der Waals surface area contributed by atoms with Crippen LogP contribution in [0.4, 0.5) is 5.69 Å². The summed E-state index contributed by atoms with van der Waals surface area (Å²) in [5.41, 5.74) is 6.89. The molecule has 26 heavy (non-hydrogen) atoms. The molecule has 1 unspecified atom stereocenters. The van der Waals surface area contributed by atoms with Gasteiger partial charge in [0.2, 0.25) is 11.7 Å². The summed E-state index contributed by atoms with van der Waals surface area (Å²) in [5.74, 6) is -0.418. The van der Waals surface area contributed by atoms with Crippen LogP contribution in [0.5, 0.6) is 0 Å². The molecule has 8 nitrogen and oxygen atoms in total. The zero-order valence-electron chi connectivity index (χ0n) is 13.8. The van der Waals surface area contributed by atoms with Crippen LogP contribution in [0.15, 0.2) is 53.0 Å². The third-order valence-corrected chi connectivity index (χ3v) is 4.40. The Bertz CT molecular complexity index is 954. The third kappa shape index (κ3) is 3.77. The second kappa shape index (κ2) is 7.44. The molecule has 3 aromatic rings. The van der Waals surface area contributed by atoms with E-state index < -0.39 is 11.9 Å². The number of tetrazole rings is 1. The van der Waals surface area contributed by atoms with Crippen LogP contribution in [0.25, 0.3) is 11.4 Å². The molecule has 3 N–H and O–H groups in total. The highest BCUT2D eigenvalue weighted by atomic mass is 79.9. The largest absolute Gasteiger partial charge is 0.366 e. The van der Waals surface area contributed by atoms with Crippen LogP contribution < -0.4 is 11.1 Å². The highest BCUT2D eigenvalue weighted by Gasteiger charge is 2.19. The number of amides is 2. The van der Waals surface area contributed by atoms with Crippen molar-refractivity contribution in [3.63, 3.8) is 0 Å². The second-order valence-corrected chi connectivity index (χ2v) is 6.37. The van der Waals surface area contributed by atoms with Gasteiger partial charge in [-0.25, -0.2) is 0 Å². The molecule has 0 bridgehead atoms. The van der Waals surface area contributed by atoms with Crippen molar-refractivity contribution in [2.75, 3.05) is 5.32 Å². The van der Waals surface area contributed by atoms with Crippen molar-refractivity contribution < 1.29 is 9.59 Å². The third-order valence-electron chi connectivity index (χ3n) is 3.71. The summed E-state index contributed by atoms with van der Waals surface area (Å²) in [6, 6.07) is 13.1. The lowest BCUT2D eigenvalue weighted by Crippen LogP contribution is -2.25. The highest BCUT2D eigenvalue weighted by molar-refractivity contribution is 9.10. The van der Waals surface area contributed by atoms with E-state index in [1.54, 1.807) is 31.2 Å². The molecule has 132 valence electrons. The molecule has 0 aliphatic carbocycles. The number of nitrogens with one attached hydrogen (secondary N) is 1. The van der Waals surface area contributed by atoms with Gasteiger partial charge in [-0.05, 0) is 48.5 Å². The summed E-state index contributed by atoms with van der Waals surface area (Å²) in [5, 5.41) is 15.0. The molecular weight excluding hydrogens is 400 g/mol.